The van der Waals surface area contributed by atoms with E-state index in [2.05, 4.69) is 21.2 Å². The fraction of sp³-hybridized carbons (Fsp3) is 0.222. The van der Waals surface area contributed by atoms with Gasteiger partial charge in [-0.1, -0.05) is 46.3 Å². The van der Waals surface area contributed by atoms with Gasteiger partial charge < -0.3 is 16.2 Å². The van der Waals surface area contributed by atoms with Crippen LogP contribution in [-0.2, 0) is 22.2 Å². The Kier molecular flexibility index (Phi) is 6.61. The third-order valence-electron chi connectivity index (χ3n) is 3.84. The summed E-state index contributed by atoms with van der Waals surface area (Å²) in [6.45, 7) is 0. The first kappa shape index (κ1) is 20.9. The fourth-order valence-electron chi connectivity index (χ4n) is 2.36. The van der Waals surface area contributed by atoms with E-state index in [-0.39, 0.29) is 12.0 Å². The second-order valence-corrected chi connectivity index (χ2v) is 6.64. The first-order valence-corrected chi connectivity index (χ1v) is 8.57. The summed E-state index contributed by atoms with van der Waals surface area (Å²) in [6.07, 6.45) is -6.18. The zero-order chi connectivity index (χ0) is 20.2. The van der Waals surface area contributed by atoms with E-state index >= 15 is 0 Å². The Hall–Kier alpha value is -2.39. The second kappa shape index (κ2) is 8.53. The van der Waals surface area contributed by atoms with E-state index in [9.17, 15) is 27.9 Å². The smallest absolute Gasteiger partial charge is 0.378 e. The van der Waals surface area contributed by atoms with Crippen LogP contribution in [-0.4, -0.2) is 23.0 Å². The van der Waals surface area contributed by atoms with E-state index in [0.29, 0.717) is 10.0 Å². The van der Waals surface area contributed by atoms with Gasteiger partial charge in [-0.25, -0.2) is 0 Å². The summed E-state index contributed by atoms with van der Waals surface area (Å²) in [5.74, 6) is -1.75. The molecule has 0 aliphatic carbocycles. The molecule has 2 aromatic carbocycles. The van der Waals surface area contributed by atoms with Crippen LogP contribution in [0.25, 0.3) is 0 Å². The van der Waals surface area contributed by atoms with E-state index < -0.39 is 35.7 Å². The summed E-state index contributed by atoms with van der Waals surface area (Å²) < 4.78 is 38.5. The average Bonchev–Trinajstić information content (AvgIpc) is 2.61. The molecule has 0 radical (unpaired) electrons. The molecule has 0 saturated carbocycles. The van der Waals surface area contributed by atoms with Gasteiger partial charge >= 0.3 is 6.18 Å². The Bertz CT molecular complexity index is 825. The topological polar surface area (TPSA) is 92.4 Å². The molecule has 2 amide bonds. The number of hydrogen-bond donors (Lipinski definition) is 3. The Morgan fingerprint density at radius 3 is 2.22 bits per heavy atom. The molecular formula is C18H16BrF3N2O3. The van der Waals surface area contributed by atoms with Crippen molar-refractivity contribution in [1.82, 2.24) is 5.32 Å². The predicted molar refractivity (Wildman–Crippen MR) is 95.4 cm³/mol. The molecule has 0 fully saturated rings. The summed E-state index contributed by atoms with van der Waals surface area (Å²) in [4.78, 5) is 23.9. The molecule has 27 heavy (non-hydrogen) atoms. The molecular weight excluding hydrogens is 429 g/mol. The second-order valence-electron chi connectivity index (χ2n) is 5.78. The zero-order valence-corrected chi connectivity index (χ0v) is 15.4. The maximum absolute atomic E-state index is 12.6. The molecule has 0 aliphatic rings. The van der Waals surface area contributed by atoms with Gasteiger partial charge in [-0.3, -0.25) is 9.59 Å². The molecule has 9 heteroatoms. The van der Waals surface area contributed by atoms with E-state index in [1.165, 1.54) is 0 Å². The van der Waals surface area contributed by atoms with E-state index in [1.807, 2.05) is 0 Å². The predicted octanol–water partition coefficient (Wildman–Crippen LogP) is 2.71. The molecule has 0 unspecified atom stereocenters. The van der Waals surface area contributed by atoms with Crippen LogP contribution in [0.15, 0.2) is 53.0 Å². The van der Waals surface area contributed by atoms with Gasteiger partial charge in [0, 0.05) is 10.9 Å². The van der Waals surface area contributed by atoms with E-state index in [0.717, 1.165) is 24.3 Å². The van der Waals surface area contributed by atoms with E-state index in [1.54, 1.807) is 24.3 Å². The summed E-state index contributed by atoms with van der Waals surface area (Å²) in [5, 5.41) is 12.4. The highest BCUT2D eigenvalue weighted by molar-refractivity contribution is 9.10. The lowest BCUT2D eigenvalue weighted by Crippen LogP contribution is -2.47. The number of halogens is 4. The number of carbonyl (C=O) groups is 2. The highest BCUT2D eigenvalue weighted by atomic mass is 79.9. The minimum atomic E-state index is -4.52. The van der Waals surface area contributed by atoms with Crippen molar-refractivity contribution in [3.63, 3.8) is 0 Å². The maximum Gasteiger partial charge on any atom is 0.416 e. The number of carbonyl (C=O) groups excluding carboxylic acids is 2. The van der Waals surface area contributed by atoms with Gasteiger partial charge in [0.15, 0.2) is 6.10 Å². The molecule has 2 rings (SSSR count). The molecule has 0 saturated heterocycles. The molecule has 0 spiro atoms. The van der Waals surface area contributed by atoms with Crippen LogP contribution in [0.4, 0.5) is 13.2 Å². The zero-order valence-electron chi connectivity index (χ0n) is 13.8. The van der Waals surface area contributed by atoms with Crippen LogP contribution in [0.3, 0.4) is 0 Å². The van der Waals surface area contributed by atoms with Crippen molar-refractivity contribution < 1.29 is 27.9 Å². The summed E-state index contributed by atoms with van der Waals surface area (Å²) in [7, 11) is 0. The molecule has 0 aromatic heterocycles. The molecule has 0 bridgehead atoms. The van der Waals surface area contributed by atoms with Crippen molar-refractivity contribution in [3.8, 4) is 0 Å². The standard InChI is InChI=1S/C18H16BrF3N2O3/c19-13-4-2-1-3-11(13)9-14(16(23)26)24-17(27)15(25)10-5-7-12(8-6-10)18(20,21)22/h1-8,14-15,25H,9H2,(H2,23,26)(H,24,27)/t14-,15+/m1/s1. The molecule has 0 aliphatic heterocycles. The first-order chi connectivity index (χ1) is 12.6. The lowest BCUT2D eigenvalue weighted by atomic mass is 10.0. The number of alkyl halides is 3. The van der Waals surface area contributed by atoms with Gasteiger partial charge in [-0.2, -0.15) is 13.2 Å². The van der Waals surface area contributed by atoms with Gasteiger partial charge in [0.25, 0.3) is 5.91 Å². The summed E-state index contributed by atoms with van der Waals surface area (Å²) in [5.41, 5.74) is 5.09. The quantitative estimate of drug-likeness (QED) is 0.639. The number of nitrogens with two attached hydrogens (primary N) is 1. The van der Waals surface area contributed by atoms with Crippen molar-refractivity contribution >= 4 is 27.7 Å². The molecule has 0 heterocycles. The summed E-state index contributed by atoms with van der Waals surface area (Å²) >= 11 is 3.32. The summed E-state index contributed by atoms with van der Waals surface area (Å²) in [6, 6.07) is 9.44. The number of aliphatic hydroxyl groups excluding tert-OH is 1. The largest absolute Gasteiger partial charge is 0.416 e. The maximum atomic E-state index is 12.6. The number of aliphatic hydroxyl groups is 1. The Morgan fingerprint density at radius 2 is 1.70 bits per heavy atom. The van der Waals surface area contributed by atoms with Gasteiger partial charge in [0.2, 0.25) is 5.91 Å². The Morgan fingerprint density at radius 1 is 1.11 bits per heavy atom. The van der Waals surface area contributed by atoms with Crippen molar-refractivity contribution in [3.05, 3.63) is 69.7 Å². The normalized spacial score (nSPS) is 13.7. The van der Waals surface area contributed by atoms with E-state index in [4.69, 9.17) is 5.73 Å². The van der Waals surface area contributed by atoms with Gasteiger partial charge in [-0.15, -0.1) is 0 Å². The number of primary amides is 1. The number of benzene rings is 2. The molecule has 2 atom stereocenters. The Labute approximate surface area is 161 Å². The van der Waals surface area contributed by atoms with Crippen LogP contribution in [0.5, 0.6) is 0 Å². The minimum Gasteiger partial charge on any atom is -0.378 e. The first-order valence-electron chi connectivity index (χ1n) is 7.78. The van der Waals surface area contributed by atoms with Crippen molar-refractivity contribution in [2.75, 3.05) is 0 Å². The van der Waals surface area contributed by atoms with Gasteiger partial charge in [0.1, 0.15) is 6.04 Å². The van der Waals surface area contributed by atoms with Crippen LogP contribution < -0.4 is 11.1 Å². The lowest BCUT2D eigenvalue weighted by molar-refractivity contribution is -0.137. The van der Waals surface area contributed by atoms with Gasteiger partial charge in [0.05, 0.1) is 5.56 Å². The number of rotatable bonds is 6. The SMILES string of the molecule is NC(=O)[C@@H](Cc1ccccc1Br)NC(=O)[C@@H](O)c1ccc(C(F)(F)F)cc1. The van der Waals surface area contributed by atoms with Crippen LogP contribution in [0, 0.1) is 0 Å². The average molecular weight is 445 g/mol. The number of hydrogen-bond acceptors (Lipinski definition) is 3. The lowest BCUT2D eigenvalue weighted by Gasteiger charge is -2.19. The fourth-order valence-corrected chi connectivity index (χ4v) is 2.81. The monoisotopic (exact) mass is 444 g/mol. The van der Waals surface area contributed by atoms with Crippen LogP contribution in [0.2, 0.25) is 0 Å². The number of nitrogens with one attached hydrogen (secondary N) is 1. The van der Waals surface area contributed by atoms with Crippen molar-refractivity contribution in [2.45, 2.75) is 24.7 Å². The van der Waals surface area contributed by atoms with Crippen LogP contribution in [0.1, 0.15) is 22.8 Å². The minimum absolute atomic E-state index is 0.0374. The molecule has 144 valence electrons. The van der Waals surface area contributed by atoms with Crippen molar-refractivity contribution in [1.29, 1.82) is 0 Å². The number of amides is 2. The Balaban J connectivity index is 2.10. The van der Waals surface area contributed by atoms with Crippen LogP contribution >= 0.6 is 15.9 Å². The highest BCUT2D eigenvalue weighted by Crippen LogP contribution is 2.30. The third kappa shape index (κ3) is 5.54. The van der Waals surface area contributed by atoms with Gasteiger partial charge in [-0.05, 0) is 29.3 Å². The highest BCUT2D eigenvalue weighted by Gasteiger charge is 2.31. The third-order valence-corrected chi connectivity index (χ3v) is 4.62. The van der Waals surface area contributed by atoms with Crippen molar-refractivity contribution in [2.24, 2.45) is 5.73 Å². The molecule has 5 nitrogen and oxygen atoms in total. The molecule has 2 aromatic rings. The molecule has 4 N–H and O–H groups in total.